The van der Waals surface area contributed by atoms with Crippen LogP contribution in [0.25, 0.3) is 0 Å². The smallest absolute Gasteiger partial charge is 0.186 e. The Hall–Kier alpha value is 0.369. The second-order valence-electron chi connectivity index (χ2n) is 1.64. The van der Waals surface area contributed by atoms with Crippen molar-refractivity contribution < 1.29 is 27.3 Å². The van der Waals surface area contributed by atoms with E-state index in [4.69, 9.17) is 10.2 Å². The molecule has 0 aliphatic heterocycles. The van der Waals surface area contributed by atoms with Crippen LogP contribution in [0.5, 0.6) is 0 Å². The Morgan fingerprint density at radius 3 is 2.22 bits per heavy atom. The van der Waals surface area contributed by atoms with E-state index in [1.165, 1.54) is 0 Å². The Kier molecular flexibility index (Phi) is 8.71. The zero-order valence-corrected chi connectivity index (χ0v) is 7.17. The fourth-order valence-corrected chi connectivity index (χ4v) is 0.515. The van der Waals surface area contributed by atoms with Gasteiger partial charge in [-0.3, -0.25) is 0 Å². The van der Waals surface area contributed by atoms with Gasteiger partial charge in [-0.05, 0) is 18.6 Å². The van der Waals surface area contributed by atoms with Crippen molar-refractivity contribution in [3.63, 3.8) is 0 Å². The summed E-state index contributed by atoms with van der Waals surface area (Å²) < 4.78 is 0. The van der Waals surface area contributed by atoms with Gasteiger partial charge in [0.25, 0.3) is 0 Å². The Bertz CT molecular complexity index is 87.0. The Labute approximate surface area is 70.7 Å². The third-order valence-electron chi connectivity index (χ3n) is 0.847. The maximum absolute atomic E-state index is 8.74. The number of hydrogen-bond donors (Lipinski definition) is 2. The van der Waals surface area contributed by atoms with E-state index in [0.717, 1.165) is 6.42 Å². The monoisotopic (exact) mass is 189 g/mol. The molecule has 9 heavy (non-hydrogen) atoms. The first-order valence-electron chi connectivity index (χ1n) is 2.59. The van der Waals surface area contributed by atoms with Gasteiger partial charge in [0.05, 0.1) is 0 Å². The standard InChI is InChI=1S/C5H10O2S.Mn/c1-2-3-4(6)5(7)8;/h4,6H,2-3H2,1H3,(H,7,8);. The van der Waals surface area contributed by atoms with E-state index in [1.54, 1.807) is 0 Å². The molecule has 1 unspecified atom stereocenters. The van der Waals surface area contributed by atoms with Crippen LogP contribution in [0.15, 0.2) is 0 Å². The predicted octanol–water partition coefficient (Wildman–Crippen LogP) is 1.03. The van der Waals surface area contributed by atoms with Crippen LogP contribution in [0.3, 0.4) is 0 Å². The van der Waals surface area contributed by atoms with Crippen LogP contribution in [0.4, 0.5) is 0 Å². The first-order valence-corrected chi connectivity index (χ1v) is 3.00. The molecule has 0 aromatic heterocycles. The Morgan fingerprint density at radius 1 is 1.67 bits per heavy atom. The summed E-state index contributed by atoms with van der Waals surface area (Å²) in [6.07, 6.45) is 0.590. The molecular formula is C5H10MnO2S. The maximum Gasteiger partial charge on any atom is 0.186 e. The summed E-state index contributed by atoms with van der Waals surface area (Å²) in [4.78, 5) is 0. The number of thiocarbonyl (C=S) groups is 1. The van der Waals surface area contributed by atoms with Crippen molar-refractivity contribution >= 4 is 17.3 Å². The van der Waals surface area contributed by atoms with Crippen molar-refractivity contribution in [1.29, 1.82) is 0 Å². The number of aliphatic hydroxyl groups excluding tert-OH is 2. The van der Waals surface area contributed by atoms with Gasteiger partial charge in [0.15, 0.2) is 5.05 Å². The van der Waals surface area contributed by atoms with Crippen molar-refractivity contribution in [2.24, 2.45) is 0 Å². The van der Waals surface area contributed by atoms with Crippen molar-refractivity contribution in [3.8, 4) is 0 Å². The van der Waals surface area contributed by atoms with Crippen LogP contribution in [-0.2, 0) is 17.1 Å². The maximum atomic E-state index is 8.74. The minimum Gasteiger partial charge on any atom is -0.500 e. The van der Waals surface area contributed by atoms with Crippen LogP contribution in [0.1, 0.15) is 19.8 Å². The molecule has 2 N–H and O–H groups in total. The summed E-state index contributed by atoms with van der Waals surface area (Å²) in [5, 5.41) is 16.9. The first kappa shape index (κ1) is 12.1. The zero-order valence-electron chi connectivity index (χ0n) is 5.17. The second kappa shape index (κ2) is 6.49. The number of hydrogen-bond acceptors (Lipinski definition) is 2. The van der Waals surface area contributed by atoms with Gasteiger partial charge < -0.3 is 10.2 Å². The average Bonchev–Trinajstić information content (AvgIpc) is 1.67. The van der Waals surface area contributed by atoms with E-state index in [1.807, 2.05) is 6.92 Å². The van der Waals surface area contributed by atoms with Gasteiger partial charge in [-0.2, -0.15) is 0 Å². The van der Waals surface area contributed by atoms with Crippen molar-refractivity contribution in [1.82, 2.24) is 0 Å². The van der Waals surface area contributed by atoms with Crippen molar-refractivity contribution in [2.45, 2.75) is 25.9 Å². The third kappa shape index (κ3) is 6.25. The van der Waals surface area contributed by atoms with Crippen LogP contribution < -0.4 is 0 Å². The van der Waals surface area contributed by atoms with E-state index < -0.39 is 6.10 Å². The van der Waals surface area contributed by atoms with Gasteiger partial charge >= 0.3 is 0 Å². The first-order chi connectivity index (χ1) is 3.68. The van der Waals surface area contributed by atoms with E-state index in [0.29, 0.717) is 6.42 Å². The third-order valence-corrected chi connectivity index (χ3v) is 1.12. The van der Waals surface area contributed by atoms with Crippen molar-refractivity contribution in [2.75, 3.05) is 0 Å². The van der Waals surface area contributed by atoms with Crippen molar-refractivity contribution in [3.05, 3.63) is 0 Å². The molecule has 1 atom stereocenters. The predicted molar refractivity (Wildman–Crippen MR) is 36.1 cm³/mol. The van der Waals surface area contributed by atoms with Gasteiger partial charge in [0.2, 0.25) is 0 Å². The molecule has 0 heterocycles. The SMILES string of the molecule is CCCC(O)C(O)=S.[Mn]. The topological polar surface area (TPSA) is 40.5 Å². The molecule has 1 radical (unpaired) electrons. The molecule has 0 saturated carbocycles. The van der Waals surface area contributed by atoms with Crippen LogP contribution in [-0.4, -0.2) is 21.4 Å². The molecule has 0 fully saturated rings. The van der Waals surface area contributed by atoms with E-state index >= 15 is 0 Å². The van der Waals surface area contributed by atoms with E-state index in [-0.39, 0.29) is 22.1 Å². The fourth-order valence-electron chi connectivity index (χ4n) is 0.397. The van der Waals surface area contributed by atoms with Crippen LogP contribution in [0, 0.1) is 0 Å². The van der Waals surface area contributed by atoms with Crippen LogP contribution >= 0.6 is 12.2 Å². The molecular weight excluding hydrogens is 179 g/mol. The molecule has 0 aromatic rings. The molecule has 0 rings (SSSR count). The number of rotatable bonds is 3. The van der Waals surface area contributed by atoms with E-state index in [2.05, 4.69) is 12.2 Å². The summed E-state index contributed by atoms with van der Waals surface area (Å²) >= 11 is 4.29. The number of aliphatic hydroxyl groups is 2. The minimum atomic E-state index is -0.796. The van der Waals surface area contributed by atoms with Gasteiger partial charge in [-0.1, -0.05) is 13.3 Å². The van der Waals surface area contributed by atoms with Gasteiger partial charge in [0.1, 0.15) is 6.10 Å². The molecule has 0 saturated heterocycles. The summed E-state index contributed by atoms with van der Waals surface area (Å²) in [5.74, 6) is 0. The molecule has 0 amide bonds. The molecule has 0 aliphatic carbocycles. The second-order valence-corrected chi connectivity index (χ2v) is 2.06. The molecule has 0 aliphatic rings. The largest absolute Gasteiger partial charge is 0.500 e. The zero-order chi connectivity index (χ0) is 6.57. The molecule has 2 nitrogen and oxygen atoms in total. The summed E-state index contributed by atoms with van der Waals surface area (Å²) in [6, 6.07) is 0. The molecule has 4 heteroatoms. The summed E-state index contributed by atoms with van der Waals surface area (Å²) in [5.41, 5.74) is 0. The molecule has 0 bridgehead atoms. The Morgan fingerprint density at radius 2 is 2.11 bits per heavy atom. The van der Waals surface area contributed by atoms with Gasteiger partial charge in [-0.25, -0.2) is 0 Å². The van der Waals surface area contributed by atoms with E-state index in [9.17, 15) is 0 Å². The fraction of sp³-hybridized carbons (Fsp3) is 0.800. The quantitative estimate of drug-likeness (QED) is 0.514. The minimum absolute atomic E-state index is 0. The van der Waals surface area contributed by atoms with Crippen LogP contribution in [0.2, 0.25) is 0 Å². The van der Waals surface area contributed by atoms with Gasteiger partial charge in [-0.15, -0.1) is 0 Å². The Balaban J connectivity index is 0. The molecule has 0 aromatic carbocycles. The summed E-state index contributed by atoms with van der Waals surface area (Å²) in [7, 11) is 0. The molecule has 55 valence electrons. The summed E-state index contributed by atoms with van der Waals surface area (Å²) in [6.45, 7) is 1.92. The van der Waals surface area contributed by atoms with Gasteiger partial charge in [0, 0.05) is 17.1 Å². The molecule has 0 spiro atoms. The average molecular weight is 189 g/mol. The normalized spacial score (nSPS) is 11.8.